The van der Waals surface area contributed by atoms with Crippen molar-refractivity contribution in [1.82, 2.24) is 19.8 Å². The van der Waals surface area contributed by atoms with Crippen molar-refractivity contribution < 1.29 is 9.47 Å². The molecule has 0 saturated carbocycles. The Balaban J connectivity index is 1.59. The Bertz CT molecular complexity index is 1250. The van der Waals surface area contributed by atoms with Crippen LogP contribution < -0.4 is 10.4 Å². The SMILES string of the molecule is CC/C(=N\N=C1/CCc2cccc(OC)c21)OCc1c(C)cccc1-n1nnn(C)c1=O. The van der Waals surface area contributed by atoms with Crippen molar-refractivity contribution in [2.75, 3.05) is 7.11 Å². The number of benzene rings is 2. The van der Waals surface area contributed by atoms with Crippen LogP contribution in [-0.2, 0) is 24.8 Å². The average Bonchev–Trinajstić information content (AvgIpc) is 3.37. The largest absolute Gasteiger partial charge is 0.496 e. The molecule has 0 amide bonds. The van der Waals surface area contributed by atoms with Crippen LogP contribution in [0.25, 0.3) is 5.69 Å². The Labute approximate surface area is 186 Å². The lowest BCUT2D eigenvalue weighted by atomic mass is 10.1. The zero-order chi connectivity index (χ0) is 22.7. The van der Waals surface area contributed by atoms with Gasteiger partial charge in [-0.05, 0) is 53.5 Å². The molecule has 9 heteroatoms. The molecule has 0 aliphatic heterocycles. The first kappa shape index (κ1) is 21.5. The van der Waals surface area contributed by atoms with Crippen LogP contribution in [0.4, 0.5) is 0 Å². The third-order valence-corrected chi connectivity index (χ3v) is 5.56. The molecule has 1 aliphatic carbocycles. The Kier molecular flexibility index (Phi) is 6.16. The normalized spacial score (nSPS) is 14.6. The van der Waals surface area contributed by atoms with Gasteiger partial charge in [0.15, 0.2) is 0 Å². The Morgan fingerprint density at radius 1 is 1.16 bits per heavy atom. The first-order chi connectivity index (χ1) is 15.5. The molecule has 0 bridgehead atoms. The number of hydrogen-bond donors (Lipinski definition) is 0. The molecular weight excluding hydrogens is 408 g/mol. The molecule has 32 heavy (non-hydrogen) atoms. The number of hydrogen-bond acceptors (Lipinski definition) is 7. The van der Waals surface area contributed by atoms with Gasteiger partial charge >= 0.3 is 5.69 Å². The lowest BCUT2D eigenvalue weighted by Crippen LogP contribution is -2.23. The van der Waals surface area contributed by atoms with Crippen LogP contribution in [0, 0.1) is 6.92 Å². The molecular formula is C23H26N6O3. The number of nitrogens with zero attached hydrogens (tertiary/aromatic N) is 6. The van der Waals surface area contributed by atoms with Gasteiger partial charge in [0.1, 0.15) is 12.4 Å². The lowest BCUT2D eigenvalue weighted by molar-refractivity contribution is 0.282. The fourth-order valence-corrected chi connectivity index (χ4v) is 3.77. The summed E-state index contributed by atoms with van der Waals surface area (Å²) in [5, 5.41) is 16.7. The van der Waals surface area contributed by atoms with E-state index in [-0.39, 0.29) is 12.3 Å². The van der Waals surface area contributed by atoms with Crippen LogP contribution in [0.3, 0.4) is 0 Å². The topological polar surface area (TPSA) is 95.9 Å². The fraction of sp³-hybridized carbons (Fsp3) is 0.348. The van der Waals surface area contributed by atoms with Crippen molar-refractivity contribution in [1.29, 1.82) is 0 Å². The van der Waals surface area contributed by atoms with Crippen molar-refractivity contribution in [3.8, 4) is 11.4 Å². The van der Waals surface area contributed by atoms with Gasteiger partial charge in [-0.3, -0.25) is 0 Å². The zero-order valence-electron chi connectivity index (χ0n) is 18.7. The van der Waals surface area contributed by atoms with Crippen LogP contribution in [0.5, 0.6) is 5.75 Å². The minimum Gasteiger partial charge on any atom is -0.496 e. The molecule has 4 rings (SSSR count). The summed E-state index contributed by atoms with van der Waals surface area (Å²) in [7, 11) is 3.23. The van der Waals surface area contributed by atoms with Crippen LogP contribution in [-0.4, -0.2) is 38.5 Å². The van der Waals surface area contributed by atoms with E-state index in [1.807, 2.05) is 44.2 Å². The van der Waals surface area contributed by atoms with E-state index in [0.29, 0.717) is 18.0 Å². The first-order valence-electron chi connectivity index (χ1n) is 10.5. The molecule has 9 nitrogen and oxygen atoms in total. The van der Waals surface area contributed by atoms with Crippen molar-refractivity contribution in [2.24, 2.45) is 17.3 Å². The smallest absolute Gasteiger partial charge is 0.368 e. The molecule has 0 radical (unpaired) electrons. The van der Waals surface area contributed by atoms with E-state index in [0.717, 1.165) is 41.0 Å². The van der Waals surface area contributed by atoms with E-state index >= 15 is 0 Å². The lowest BCUT2D eigenvalue weighted by Gasteiger charge is -2.13. The number of methoxy groups -OCH3 is 1. The number of ether oxygens (including phenoxy) is 2. The first-order valence-corrected chi connectivity index (χ1v) is 10.5. The van der Waals surface area contributed by atoms with Crippen LogP contribution in [0.15, 0.2) is 51.4 Å². The highest BCUT2D eigenvalue weighted by Gasteiger charge is 2.22. The summed E-state index contributed by atoms with van der Waals surface area (Å²) in [6.07, 6.45) is 2.32. The molecule has 0 spiro atoms. The number of fused-ring (bicyclic) bond motifs is 1. The standard InChI is InChI=1S/C23H26N6O3/c1-5-21(25-24-18-13-12-16-9-7-11-20(31-4)22(16)18)32-14-17-15(2)8-6-10-19(17)29-23(30)28(3)26-27-29/h6-11H,5,12-14H2,1-4H3/b24-18+,25-21+. The van der Waals surface area contributed by atoms with Gasteiger partial charge in [0.05, 0.1) is 18.5 Å². The van der Waals surface area contributed by atoms with Gasteiger partial charge in [0, 0.05) is 24.6 Å². The zero-order valence-corrected chi connectivity index (χ0v) is 18.7. The maximum Gasteiger partial charge on any atom is 0.368 e. The molecule has 1 aromatic heterocycles. The predicted octanol–water partition coefficient (Wildman–Crippen LogP) is 2.96. The molecule has 2 aromatic carbocycles. The van der Waals surface area contributed by atoms with Gasteiger partial charge in [0.2, 0.25) is 5.90 Å². The third-order valence-electron chi connectivity index (χ3n) is 5.56. The summed E-state index contributed by atoms with van der Waals surface area (Å²) in [4.78, 5) is 12.3. The molecule has 1 heterocycles. The number of aromatic nitrogens is 4. The predicted molar refractivity (Wildman–Crippen MR) is 122 cm³/mol. The Morgan fingerprint density at radius 2 is 1.97 bits per heavy atom. The van der Waals surface area contributed by atoms with E-state index in [1.54, 1.807) is 14.2 Å². The van der Waals surface area contributed by atoms with Gasteiger partial charge in [-0.2, -0.15) is 14.5 Å². The molecule has 3 aromatic rings. The van der Waals surface area contributed by atoms with Crippen molar-refractivity contribution >= 4 is 11.6 Å². The quantitative estimate of drug-likeness (QED) is 0.338. The van der Waals surface area contributed by atoms with E-state index in [4.69, 9.17) is 9.47 Å². The Morgan fingerprint density at radius 3 is 2.69 bits per heavy atom. The summed E-state index contributed by atoms with van der Waals surface area (Å²) in [6, 6.07) is 11.7. The second-order valence-electron chi connectivity index (χ2n) is 7.55. The van der Waals surface area contributed by atoms with Gasteiger partial charge in [-0.1, -0.05) is 31.2 Å². The fourth-order valence-electron chi connectivity index (χ4n) is 3.77. The van der Waals surface area contributed by atoms with Gasteiger partial charge < -0.3 is 9.47 Å². The maximum absolute atomic E-state index is 12.3. The average molecular weight is 435 g/mol. The Hall–Kier alpha value is -3.75. The molecule has 0 N–H and O–H groups in total. The highest BCUT2D eigenvalue weighted by atomic mass is 16.5. The van der Waals surface area contributed by atoms with E-state index in [9.17, 15) is 4.79 Å². The molecule has 0 unspecified atom stereocenters. The second kappa shape index (κ2) is 9.17. The van der Waals surface area contributed by atoms with E-state index in [1.165, 1.54) is 14.9 Å². The monoisotopic (exact) mass is 434 g/mol. The number of tetrazole rings is 1. The van der Waals surface area contributed by atoms with Crippen molar-refractivity contribution in [3.63, 3.8) is 0 Å². The summed E-state index contributed by atoms with van der Waals surface area (Å²) in [6.45, 7) is 4.17. The van der Waals surface area contributed by atoms with Gasteiger partial charge in [0.25, 0.3) is 0 Å². The third kappa shape index (κ3) is 4.05. The second-order valence-corrected chi connectivity index (χ2v) is 7.55. The maximum atomic E-state index is 12.3. The minimum absolute atomic E-state index is 0.239. The van der Waals surface area contributed by atoms with E-state index < -0.39 is 0 Å². The summed E-state index contributed by atoms with van der Waals surface area (Å²) in [5.41, 5.74) is 5.29. The number of rotatable bonds is 6. The van der Waals surface area contributed by atoms with Crippen molar-refractivity contribution in [2.45, 2.75) is 39.7 Å². The number of aryl methyl sites for hydroxylation is 3. The summed E-state index contributed by atoms with van der Waals surface area (Å²) in [5.74, 6) is 1.33. The van der Waals surface area contributed by atoms with Crippen LogP contribution in [0.1, 0.15) is 42.0 Å². The molecule has 0 saturated heterocycles. The molecule has 0 atom stereocenters. The highest BCUT2D eigenvalue weighted by molar-refractivity contribution is 6.06. The van der Waals surface area contributed by atoms with Gasteiger partial charge in [-0.15, -0.1) is 5.10 Å². The van der Waals surface area contributed by atoms with Crippen LogP contribution in [0.2, 0.25) is 0 Å². The van der Waals surface area contributed by atoms with Crippen molar-refractivity contribution in [3.05, 3.63) is 69.1 Å². The summed E-state index contributed by atoms with van der Waals surface area (Å²) < 4.78 is 14.0. The highest BCUT2D eigenvalue weighted by Crippen LogP contribution is 2.31. The van der Waals surface area contributed by atoms with Crippen LogP contribution >= 0.6 is 0 Å². The molecule has 0 fully saturated rings. The molecule has 1 aliphatic rings. The van der Waals surface area contributed by atoms with Gasteiger partial charge in [-0.25, -0.2) is 4.79 Å². The summed E-state index contributed by atoms with van der Waals surface area (Å²) >= 11 is 0. The molecule has 166 valence electrons. The van der Waals surface area contributed by atoms with E-state index in [2.05, 4.69) is 26.7 Å². The minimum atomic E-state index is -0.318.